The lowest BCUT2D eigenvalue weighted by Gasteiger charge is -2.33. The summed E-state index contributed by atoms with van der Waals surface area (Å²) in [6, 6.07) is 15.4. The van der Waals surface area contributed by atoms with Crippen LogP contribution in [0.1, 0.15) is 49.7 Å². The first-order valence-electron chi connectivity index (χ1n) is 15.6. The van der Waals surface area contributed by atoms with E-state index in [0.717, 1.165) is 85.1 Å². The molecular weight excluding hydrogens is 524 g/mol. The molecule has 216 valence electrons. The van der Waals surface area contributed by atoms with Crippen LogP contribution in [0.3, 0.4) is 0 Å². The molecule has 0 spiro atoms. The molecule has 1 aliphatic heterocycles. The predicted molar refractivity (Wildman–Crippen MR) is 164 cm³/mol. The second-order valence-corrected chi connectivity index (χ2v) is 12.4. The number of hydrogen-bond donors (Lipinski definition) is 2. The van der Waals surface area contributed by atoms with Crippen LogP contribution in [0, 0.1) is 11.8 Å². The Balaban J connectivity index is 0.942. The van der Waals surface area contributed by atoms with Gasteiger partial charge in [-0.15, -0.1) is 15.3 Å². The molecule has 3 unspecified atom stereocenters. The van der Waals surface area contributed by atoms with Crippen LogP contribution in [-0.4, -0.2) is 67.1 Å². The molecule has 4 aliphatic rings. The van der Waals surface area contributed by atoms with Crippen molar-refractivity contribution in [3.63, 3.8) is 0 Å². The van der Waals surface area contributed by atoms with Crippen LogP contribution >= 0.6 is 0 Å². The average Bonchev–Trinajstić information content (AvgIpc) is 3.65. The summed E-state index contributed by atoms with van der Waals surface area (Å²) in [5.41, 5.74) is 11.7. The number of fused-ring (bicyclic) bond motifs is 5. The first-order chi connectivity index (χ1) is 20.7. The van der Waals surface area contributed by atoms with E-state index in [1.807, 2.05) is 18.3 Å². The van der Waals surface area contributed by atoms with E-state index in [1.54, 1.807) is 4.68 Å². The molecule has 0 amide bonds. The highest BCUT2D eigenvalue weighted by Crippen LogP contribution is 2.46. The third-order valence-corrected chi connectivity index (χ3v) is 9.90. The van der Waals surface area contributed by atoms with Gasteiger partial charge in [0.2, 0.25) is 11.9 Å². The number of rotatable bonds is 5. The summed E-state index contributed by atoms with van der Waals surface area (Å²) in [7, 11) is 0. The van der Waals surface area contributed by atoms with E-state index in [1.165, 1.54) is 44.2 Å². The Morgan fingerprint density at radius 2 is 1.79 bits per heavy atom. The van der Waals surface area contributed by atoms with Gasteiger partial charge in [0.15, 0.2) is 5.82 Å². The molecule has 3 fully saturated rings. The zero-order valence-electron chi connectivity index (χ0n) is 24.0. The van der Waals surface area contributed by atoms with E-state index in [-0.39, 0.29) is 5.95 Å². The summed E-state index contributed by atoms with van der Waals surface area (Å²) in [6.45, 7) is 4.42. The number of pyridine rings is 1. The Hall–Kier alpha value is -4.05. The summed E-state index contributed by atoms with van der Waals surface area (Å²) in [6.07, 6.45) is 11.9. The number of nitrogen functional groups attached to an aromatic ring is 1. The molecule has 2 saturated carbocycles. The molecule has 10 heteroatoms. The van der Waals surface area contributed by atoms with E-state index in [9.17, 15) is 0 Å². The SMILES string of the molecule is Nc1nc(Nc2ccc(N3CCCN(C4CC5CCC4C5)CC3)nc2)nn1-c1cc2c(nn1)-c1ccccc1CCC2. The molecule has 1 saturated heterocycles. The van der Waals surface area contributed by atoms with Gasteiger partial charge in [0.1, 0.15) is 5.82 Å². The molecule has 3 aromatic heterocycles. The standard InChI is InChI=1S/C32H38N10/c33-31-36-32(39-42(31)29-19-24-7-3-6-22-5-1-2-8-26(22)30(24)38-37-29)35-25-11-12-28(34-20-25)41-14-4-13-40(15-16-41)27-18-21-9-10-23(27)17-21/h1-2,5,8,11-12,19-21,23,27H,3-4,6-7,9-10,13-18H2,(H3,33,35,36,39). The zero-order valence-corrected chi connectivity index (χ0v) is 24.0. The Bertz CT molecular complexity index is 1580. The summed E-state index contributed by atoms with van der Waals surface area (Å²) >= 11 is 0. The maximum atomic E-state index is 6.28. The number of aryl methyl sites for hydroxylation is 2. The van der Waals surface area contributed by atoms with Crippen LogP contribution < -0.4 is 16.0 Å². The minimum absolute atomic E-state index is 0.259. The molecule has 4 heterocycles. The van der Waals surface area contributed by atoms with Crippen LogP contribution in [0.4, 0.5) is 23.4 Å². The van der Waals surface area contributed by atoms with Gasteiger partial charge in [-0.05, 0) is 86.1 Å². The van der Waals surface area contributed by atoms with E-state index in [0.29, 0.717) is 11.8 Å². The maximum absolute atomic E-state index is 6.28. The second-order valence-electron chi connectivity index (χ2n) is 12.4. The third kappa shape index (κ3) is 4.77. The minimum atomic E-state index is 0.259. The normalized spacial score (nSPS) is 23.7. The van der Waals surface area contributed by atoms with E-state index in [2.05, 4.69) is 65.7 Å². The second kappa shape index (κ2) is 10.7. The van der Waals surface area contributed by atoms with Crippen LogP contribution in [0.5, 0.6) is 0 Å². The highest BCUT2D eigenvalue weighted by molar-refractivity contribution is 5.68. The van der Waals surface area contributed by atoms with Crippen molar-refractivity contribution in [1.29, 1.82) is 0 Å². The molecule has 0 radical (unpaired) electrons. The number of aromatic nitrogens is 6. The lowest BCUT2D eigenvalue weighted by atomic mass is 9.94. The fraction of sp³-hybridized carbons (Fsp3) is 0.469. The number of hydrogen-bond acceptors (Lipinski definition) is 9. The third-order valence-electron chi connectivity index (χ3n) is 9.90. The zero-order chi connectivity index (χ0) is 28.0. The van der Waals surface area contributed by atoms with Crippen molar-refractivity contribution >= 4 is 23.4 Å². The molecule has 3 N–H and O–H groups in total. The quantitative estimate of drug-likeness (QED) is 0.359. The first-order valence-corrected chi connectivity index (χ1v) is 15.6. The van der Waals surface area contributed by atoms with Crippen molar-refractivity contribution < 1.29 is 0 Å². The summed E-state index contributed by atoms with van der Waals surface area (Å²) in [5.74, 6) is 4.19. The fourth-order valence-corrected chi connectivity index (χ4v) is 7.86. The summed E-state index contributed by atoms with van der Waals surface area (Å²) in [4.78, 5) is 14.4. The highest BCUT2D eigenvalue weighted by Gasteiger charge is 2.42. The average molecular weight is 563 g/mol. The van der Waals surface area contributed by atoms with Gasteiger partial charge in [0.25, 0.3) is 0 Å². The molecule has 3 atom stereocenters. The molecule has 2 bridgehead atoms. The van der Waals surface area contributed by atoms with Crippen molar-refractivity contribution in [3.8, 4) is 17.1 Å². The van der Waals surface area contributed by atoms with E-state index >= 15 is 0 Å². The monoisotopic (exact) mass is 562 g/mol. The predicted octanol–water partition coefficient (Wildman–Crippen LogP) is 4.63. The number of nitrogens with two attached hydrogens (primary N) is 1. The molecular formula is C32H38N10. The number of anilines is 4. The van der Waals surface area contributed by atoms with Crippen LogP contribution in [0.2, 0.25) is 0 Å². The van der Waals surface area contributed by atoms with Crippen molar-refractivity contribution in [3.05, 3.63) is 59.8 Å². The molecule has 10 nitrogen and oxygen atoms in total. The van der Waals surface area contributed by atoms with Gasteiger partial charge in [0, 0.05) is 37.8 Å². The summed E-state index contributed by atoms with van der Waals surface area (Å²) in [5, 5.41) is 16.9. The molecule has 1 aromatic carbocycles. The van der Waals surface area contributed by atoms with Gasteiger partial charge >= 0.3 is 0 Å². The lowest BCUT2D eigenvalue weighted by molar-refractivity contribution is 0.152. The van der Waals surface area contributed by atoms with Gasteiger partial charge in [-0.1, -0.05) is 30.7 Å². The van der Waals surface area contributed by atoms with Crippen molar-refractivity contribution in [2.45, 2.75) is 57.4 Å². The van der Waals surface area contributed by atoms with Crippen molar-refractivity contribution in [1.82, 2.24) is 34.8 Å². The largest absolute Gasteiger partial charge is 0.368 e. The van der Waals surface area contributed by atoms with Crippen LogP contribution in [0.25, 0.3) is 17.1 Å². The minimum Gasteiger partial charge on any atom is -0.368 e. The van der Waals surface area contributed by atoms with Gasteiger partial charge in [-0.25, -0.2) is 4.98 Å². The lowest BCUT2D eigenvalue weighted by Crippen LogP contribution is -2.41. The molecule has 3 aliphatic carbocycles. The molecule has 8 rings (SSSR count). The topological polar surface area (TPSA) is 114 Å². The van der Waals surface area contributed by atoms with Crippen LogP contribution in [-0.2, 0) is 12.8 Å². The number of nitrogens with zero attached hydrogens (tertiary/aromatic N) is 8. The Morgan fingerprint density at radius 3 is 2.64 bits per heavy atom. The summed E-state index contributed by atoms with van der Waals surface area (Å²) < 4.78 is 1.55. The fourth-order valence-electron chi connectivity index (χ4n) is 7.86. The van der Waals surface area contributed by atoms with Crippen LogP contribution in [0.15, 0.2) is 48.7 Å². The van der Waals surface area contributed by atoms with Gasteiger partial charge in [0.05, 0.1) is 17.6 Å². The Kier molecular flexibility index (Phi) is 6.50. The van der Waals surface area contributed by atoms with Crippen molar-refractivity contribution in [2.75, 3.05) is 42.1 Å². The van der Waals surface area contributed by atoms with E-state index in [4.69, 9.17) is 10.7 Å². The Labute approximate surface area is 246 Å². The molecule has 4 aromatic rings. The Morgan fingerprint density at radius 1 is 0.857 bits per heavy atom. The highest BCUT2D eigenvalue weighted by atomic mass is 15.4. The smallest absolute Gasteiger partial charge is 0.248 e. The number of nitrogens with one attached hydrogen (secondary N) is 1. The molecule has 42 heavy (non-hydrogen) atoms. The van der Waals surface area contributed by atoms with Crippen molar-refractivity contribution in [2.24, 2.45) is 11.8 Å². The maximum Gasteiger partial charge on any atom is 0.248 e. The van der Waals surface area contributed by atoms with Gasteiger partial charge in [-0.2, -0.15) is 9.67 Å². The first kappa shape index (κ1) is 25.6. The van der Waals surface area contributed by atoms with Gasteiger partial charge < -0.3 is 16.0 Å². The van der Waals surface area contributed by atoms with E-state index < -0.39 is 0 Å². The number of benzene rings is 1. The van der Waals surface area contributed by atoms with Gasteiger partial charge in [-0.3, -0.25) is 4.90 Å².